The molecular formula is C16H13N5O3. The summed E-state index contributed by atoms with van der Waals surface area (Å²) in [4.78, 5) is 14.7. The Balaban J connectivity index is 2.14. The number of aromatic nitrogens is 2. The first-order chi connectivity index (χ1) is 11.6. The smallest absolute Gasteiger partial charge is 0.293 e. The predicted octanol–water partition coefficient (Wildman–Crippen LogP) is 4.21. The van der Waals surface area contributed by atoms with E-state index in [9.17, 15) is 15.2 Å². The minimum Gasteiger partial charge on any atom is -0.491 e. The molecule has 1 aromatic heterocycles. The topological polar surface area (TPSA) is 106 Å². The second-order valence-electron chi connectivity index (χ2n) is 4.92. The van der Waals surface area contributed by atoms with Crippen LogP contribution in [0.5, 0.6) is 5.88 Å². The highest BCUT2D eigenvalue weighted by Gasteiger charge is 2.22. The third kappa shape index (κ3) is 2.84. The summed E-state index contributed by atoms with van der Waals surface area (Å²) in [6.07, 6.45) is 0. The Morgan fingerprint density at radius 3 is 2.46 bits per heavy atom. The van der Waals surface area contributed by atoms with E-state index in [1.807, 2.05) is 6.07 Å². The van der Waals surface area contributed by atoms with Crippen LogP contribution in [0.1, 0.15) is 5.82 Å². The second kappa shape index (κ2) is 6.29. The van der Waals surface area contributed by atoms with Gasteiger partial charge in [0.25, 0.3) is 11.6 Å². The molecule has 0 unspecified atom stereocenters. The first-order valence-corrected chi connectivity index (χ1v) is 7.07. The Bertz CT molecular complexity index is 919. The van der Waals surface area contributed by atoms with Crippen molar-refractivity contribution in [3.63, 3.8) is 0 Å². The van der Waals surface area contributed by atoms with Crippen LogP contribution in [0.3, 0.4) is 0 Å². The summed E-state index contributed by atoms with van der Waals surface area (Å²) >= 11 is 0. The van der Waals surface area contributed by atoms with E-state index < -0.39 is 4.92 Å². The Labute approximate surface area is 136 Å². The minimum absolute atomic E-state index is 0.0330. The van der Waals surface area contributed by atoms with Crippen LogP contribution in [-0.2, 0) is 0 Å². The fourth-order valence-electron chi connectivity index (χ4n) is 2.29. The van der Waals surface area contributed by atoms with Gasteiger partial charge in [-0.15, -0.1) is 10.2 Å². The number of aryl methyl sites for hydroxylation is 1. The van der Waals surface area contributed by atoms with E-state index in [-0.39, 0.29) is 23.1 Å². The number of benzene rings is 2. The van der Waals surface area contributed by atoms with Gasteiger partial charge in [0.15, 0.2) is 0 Å². The van der Waals surface area contributed by atoms with Gasteiger partial charge < -0.3 is 5.11 Å². The van der Waals surface area contributed by atoms with E-state index in [0.29, 0.717) is 11.5 Å². The van der Waals surface area contributed by atoms with Gasteiger partial charge in [0, 0.05) is 6.07 Å². The van der Waals surface area contributed by atoms with Crippen molar-refractivity contribution < 1.29 is 10.0 Å². The standard InChI is InChI=1S/C16H13N5O3/c1-11-17-16(22)15(19-18-12-7-3-2-4-8-12)20(11)13-9-5-6-10-14(13)21(23)24/h2-10,22H,1H3. The Morgan fingerprint density at radius 1 is 1.08 bits per heavy atom. The lowest BCUT2D eigenvalue weighted by molar-refractivity contribution is -0.384. The van der Waals surface area contributed by atoms with Crippen molar-refractivity contribution in [3.8, 4) is 11.6 Å². The summed E-state index contributed by atoms with van der Waals surface area (Å²) in [7, 11) is 0. The number of nitro groups is 1. The Kier molecular flexibility index (Phi) is 4.02. The number of para-hydroxylation sites is 2. The van der Waals surface area contributed by atoms with Crippen molar-refractivity contribution in [2.24, 2.45) is 10.2 Å². The molecule has 0 aliphatic rings. The van der Waals surface area contributed by atoms with Gasteiger partial charge in [-0.25, -0.2) is 0 Å². The van der Waals surface area contributed by atoms with Crippen molar-refractivity contribution in [2.75, 3.05) is 0 Å². The summed E-state index contributed by atoms with van der Waals surface area (Å²) in [6.45, 7) is 1.62. The van der Waals surface area contributed by atoms with E-state index in [4.69, 9.17) is 0 Å². The quantitative estimate of drug-likeness (QED) is 0.441. The van der Waals surface area contributed by atoms with Gasteiger partial charge in [0.05, 0.1) is 10.6 Å². The van der Waals surface area contributed by atoms with Crippen molar-refractivity contribution in [3.05, 3.63) is 70.5 Å². The first kappa shape index (κ1) is 15.3. The van der Waals surface area contributed by atoms with Gasteiger partial charge in [0.1, 0.15) is 11.5 Å². The molecule has 0 saturated carbocycles. The van der Waals surface area contributed by atoms with Crippen molar-refractivity contribution in [1.29, 1.82) is 0 Å². The van der Waals surface area contributed by atoms with Gasteiger partial charge in [0.2, 0.25) is 5.82 Å². The molecular weight excluding hydrogens is 310 g/mol. The lowest BCUT2D eigenvalue weighted by atomic mass is 10.2. The molecule has 24 heavy (non-hydrogen) atoms. The number of nitro benzene ring substituents is 1. The molecule has 0 fully saturated rings. The Morgan fingerprint density at radius 2 is 1.75 bits per heavy atom. The van der Waals surface area contributed by atoms with Crippen LogP contribution in [0.4, 0.5) is 17.2 Å². The van der Waals surface area contributed by atoms with Crippen LogP contribution in [0, 0.1) is 17.0 Å². The third-order valence-electron chi connectivity index (χ3n) is 3.34. The maximum atomic E-state index is 11.3. The molecule has 0 spiro atoms. The van der Waals surface area contributed by atoms with E-state index in [1.165, 1.54) is 10.6 Å². The van der Waals surface area contributed by atoms with Crippen LogP contribution >= 0.6 is 0 Å². The summed E-state index contributed by atoms with van der Waals surface area (Å²) in [6, 6.07) is 15.1. The lowest BCUT2D eigenvalue weighted by Crippen LogP contribution is -2.01. The number of nitrogens with zero attached hydrogens (tertiary/aromatic N) is 5. The molecule has 0 saturated heterocycles. The van der Waals surface area contributed by atoms with E-state index >= 15 is 0 Å². The average molecular weight is 323 g/mol. The monoisotopic (exact) mass is 323 g/mol. The molecule has 1 heterocycles. The van der Waals surface area contributed by atoms with Gasteiger partial charge in [-0.05, 0) is 25.1 Å². The van der Waals surface area contributed by atoms with Crippen molar-refractivity contribution >= 4 is 17.2 Å². The highest BCUT2D eigenvalue weighted by Crippen LogP contribution is 2.35. The molecule has 0 atom stereocenters. The van der Waals surface area contributed by atoms with Gasteiger partial charge in [-0.2, -0.15) is 4.98 Å². The Hall–Kier alpha value is -3.55. The average Bonchev–Trinajstić information content (AvgIpc) is 2.87. The molecule has 3 rings (SSSR count). The maximum absolute atomic E-state index is 11.3. The summed E-state index contributed by atoms with van der Waals surface area (Å²) in [5, 5.41) is 29.4. The highest BCUT2D eigenvalue weighted by atomic mass is 16.6. The zero-order chi connectivity index (χ0) is 17.1. The first-order valence-electron chi connectivity index (χ1n) is 7.07. The molecule has 2 aromatic carbocycles. The largest absolute Gasteiger partial charge is 0.491 e. The predicted molar refractivity (Wildman–Crippen MR) is 87.2 cm³/mol. The van der Waals surface area contributed by atoms with E-state index in [1.54, 1.807) is 49.4 Å². The van der Waals surface area contributed by atoms with Crippen LogP contribution in [0.15, 0.2) is 64.8 Å². The third-order valence-corrected chi connectivity index (χ3v) is 3.34. The molecule has 0 aliphatic heterocycles. The molecule has 1 N–H and O–H groups in total. The van der Waals surface area contributed by atoms with E-state index in [2.05, 4.69) is 15.2 Å². The summed E-state index contributed by atoms with van der Waals surface area (Å²) in [5.41, 5.74) is 0.730. The number of hydrogen-bond donors (Lipinski definition) is 1. The van der Waals surface area contributed by atoms with Gasteiger partial charge >= 0.3 is 0 Å². The zero-order valence-corrected chi connectivity index (χ0v) is 12.7. The van der Waals surface area contributed by atoms with Crippen LogP contribution in [0.25, 0.3) is 5.69 Å². The van der Waals surface area contributed by atoms with E-state index in [0.717, 1.165) is 0 Å². The zero-order valence-electron chi connectivity index (χ0n) is 12.7. The van der Waals surface area contributed by atoms with Crippen LogP contribution in [-0.4, -0.2) is 19.6 Å². The SMILES string of the molecule is Cc1nc(O)c(N=Nc2ccccc2)n1-c1ccccc1[N+](=O)[O-]. The molecule has 8 nitrogen and oxygen atoms in total. The molecule has 0 bridgehead atoms. The molecule has 0 radical (unpaired) electrons. The molecule has 0 aliphatic carbocycles. The lowest BCUT2D eigenvalue weighted by Gasteiger charge is -2.07. The number of hydrogen-bond acceptors (Lipinski definition) is 6. The minimum atomic E-state index is -0.496. The number of azo groups is 1. The van der Waals surface area contributed by atoms with Crippen LogP contribution in [0.2, 0.25) is 0 Å². The van der Waals surface area contributed by atoms with Crippen LogP contribution < -0.4 is 0 Å². The molecule has 0 amide bonds. The second-order valence-corrected chi connectivity index (χ2v) is 4.92. The molecule has 3 aromatic rings. The fraction of sp³-hybridized carbons (Fsp3) is 0.0625. The summed E-state index contributed by atoms with van der Waals surface area (Å²) < 4.78 is 1.40. The highest BCUT2D eigenvalue weighted by molar-refractivity contribution is 5.59. The summed E-state index contributed by atoms with van der Waals surface area (Å²) in [5.74, 6) is 0.0554. The van der Waals surface area contributed by atoms with Gasteiger partial charge in [-0.3, -0.25) is 14.7 Å². The van der Waals surface area contributed by atoms with Gasteiger partial charge in [-0.1, -0.05) is 30.3 Å². The number of rotatable bonds is 4. The molecule has 120 valence electrons. The molecule has 8 heteroatoms. The maximum Gasteiger partial charge on any atom is 0.293 e. The number of imidazole rings is 1. The number of aromatic hydroxyl groups is 1. The normalized spacial score (nSPS) is 11.0. The fourth-order valence-corrected chi connectivity index (χ4v) is 2.29. The van der Waals surface area contributed by atoms with Crippen molar-refractivity contribution in [1.82, 2.24) is 9.55 Å². The van der Waals surface area contributed by atoms with Crippen molar-refractivity contribution in [2.45, 2.75) is 6.92 Å².